The van der Waals surface area contributed by atoms with Gasteiger partial charge in [0.2, 0.25) is 0 Å². The van der Waals surface area contributed by atoms with Crippen molar-refractivity contribution >= 4 is 5.57 Å². The van der Waals surface area contributed by atoms with Crippen molar-refractivity contribution < 1.29 is 0 Å². The van der Waals surface area contributed by atoms with E-state index in [0.717, 1.165) is 0 Å². The molecule has 0 spiro atoms. The second kappa shape index (κ2) is 10.7. The topological polar surface area (TPSA) is 0 Å². The first kappa shape index (κ1) is 21.0. The van der Waals surface area contributed by atoms with Crippen molar-refractivity contribution in [1.82, 2.24) is 0 Å². The van der Waals surface area contributed by atoms with Crippen LogP contribution in [0.15, 0.2) is 65.8 Å². The molecular formula is C25H34. The minimum absolute atomic E-state index is 1.21. The average molecular weight is 335 g/mol. The zero-order valence-electron chi connectivity index (χ0n) is 17.1. The molecule has 1 aliphatic carbocycles. The highest BCUT2D eigenvalue weighted by molar-refractivity contribution is 5.80. The molecule has 2 aromatic carbocycles. The molecule has 0 radical (unpaired) electrons. The summed E-state index contributed by atoms with van der Waals surface area (Å²) in [5, 5.41) is 0. The van der Waals surface area contributed by atoms with Gasteiger partial charge in [-0.1, -0.05) is 90.7 Å². The van der Waals surface area contributed by atoms with Crippen molar-refractivity contribution in [2.24, 2.45) is 0 Å². The molecule has 0 aliphatic heterocycles. The molecule has 1 aliphatic rings. The molecule has 0 fully saturated rings. The Bertz CT molecular complexity index is 715. The third kappa shape index (κ3) is 6.74. The number of hydrogen-bond acceptors (Lipinski definition) is 0. The van der Waals surface area contributed by atoms with Crippen LogP contribution in [0.25, 0.3) is 5.57 Å². The molecule has 0 heteroatoms. The van der Waals surface area contributed by atoms with Gasteiger partial charge in [-0.2, -0.15) is 0 Å². The predicted octanol–water partition coefficient (Wildman–Crippen LogP) is 7.84. The molecule has 0 saturated heterocycles. The Hall–Kier alpha value is -2.08. The quantitative estimate of drug-likeness (QED) is 0.498. The van der Waals surface area contributed by atoms with Crippen molar-refractivity contribution in [1.29, 1.82) is 0 Å². The van der Waals surface area contributed by atoms with Crippen LogP contribution in [0.5, 0.6) is 0 Å². The molecular weight excluding hydrogens is 300 g/mol. The van der Waals surface area contributed by atoms with E-state index in [2.05, 4.69) is 71.0 Å². The summed E-state index contributed by atoms with van der Waals surface area (Å²) in [7, 11) is 0. The molecule has 0 bridgehead atoms. The van der Waals surface area contributed by atoms with Gasteiger partial charge < -0.3 is 0 Å². The van der Waals surface area contributed by atoms with Gasteiger partial charge in [0, 0.05) is 0 Å². The Balaban J connectivity index is 0.000000290. The maximum atomic E-state index is 2.36. The minimum atomic E-state index is 1.21. The number of aryl methyl sites for hydroxylation is 3. The van der Waals surface area contributed by atoms with Gasteiger partial charge in [0.1, 0.15) is 0 Å². The molecule has 2 aromatic rings. The lowest BCUT2D eigenvalue weighted by Gasteiger charge is -2.18. The second-order valence-corrected chi connectivity index (χ2v) is 6.66. The Kier molecular flexibility index (Phi) is 8.99. The van der Waals surface area contributed by atoms with Gasteiger partial charge in [0.25, 0.3) is 0 Å². The molecule has 0 amide bonds. The predicted molar refractivity (Wildman–Crippen MR) is 114 cm³/mol. The van der Waals surface area contributed by atoms with Crippen LogP contribution >= 0.6 is 0 Å². The van der Waals surface area contributed by atoms with E-state index >= 15 is 0 Å². The smallest absolute Gasteiger partial charge is 0.0153 e. The highest BCUT2D eigenvalue weighted by Crippen LogP contribution is 2.32. The first-order chi connectivity index (χ1) is 12.0. The lowest BCUT2D eigenvalue weighted by Crippen LogP contribution is -1.97. The maximum absolute atomic E-state index is 2.36. The second-order valence-electron chi connectivity index (χ2n) is 6.66. The van der Waals surface area contributed by atoms with Crippen LogP contribution in [0.1, 0.15) is 62.8 Å². The molecule has 0 unspecified atom stereocenters. The fourth-order valence-corrected chi connectivity index (χ4v) is 2.83. The summed E-state index contributed by atoms with van der Waals surface area (Å²) in [5.74, 6) is 0. The summed E-state index contributed by atoms with van der Waals surface area (Å²) in [6.45, 7) is 14.9. The fourth-order valence-electron chi connectivity index (χ4n) is 2.83. The normalized spacial score (nSPS) is 13.2. The number of allylic oxidation sites excluding steroid dienone is 4. The molecule has 0 heterocycles. The van der Waals surface area contributed by atoms with Gasteiger partial charge in [-0.15, -0.1) is 0 Å². The largest absolute Gasteiger partial charge is 0.0724 e. The third-order valence-corrected chi connectivity index (χ3v) is 4.37. The van der Waals surface area contributed by atoms with Crippen molar-refractivity contribution in [3.8, 4) is 0 Å². The maximum Gasteiger partial charge on any atom is -0.0153 e. The zero-order chi connectivity index (χ0) is 18.8. The van der Waals surface area contributed by atoms with Gasteiger partial charge in [-0.05, 0) is 64.2 Å². The Labute approximate surface area is 155 Å². The Morgan fingerprint density at radius 2 is 1.32 bits per heavy atom. The SMILES string of the molecule is CC.CC1=CC(c2cc(C)ccc2C)=C(C)CC1.Cc1ccccc1. The van der Waals surface area contributed by atoms with Crippen molar-refractivity contribution in [2.75, 3.05) is 0 Å². The van der Waals surface area contributed by atoms with E-state index < -0.39 is 0 Å². The van der Waals surface area contributed by atoms with E-state index in [1.54, 1.807) is 0 Å². The summed E-state index contributed by atoms with van der Waals surface area (Å²) in [4.78, 5) is 0. The minimum Gasteiger partial charge on any atom is -0.0724 e. The van der Waals surface area contributed by atoms with Gasteiger partial charge >= 0.3 is 0 Å². The summed E-state index contributed by atoms with van der Waals surface area (Å²) in [6, 6.07) is 17.0. The van der Waals surface area contributed by atoms with Crippen LogP contribution in [0.4, 0.5) is 0 Å². The monoisotopic (exact) mass is 334 g/mol. The Morgan fingerprint density at radius 1 is 0.680 bits per heavy atom. The molecule has 0 nitrogen and oxygen atoms in total. The number of benzene rings is 2. The van der Waals surface area contributed by atoms with Gasteiger partial charge in [-0.3, -0.25) is 0 Å². The van der Waals surface area contributed by atoms with Crippen molar-refractivity contribution in [3.05, 3.63) is 88.0 Å². The highest BCUT2D eigenvalue weighted by Gasteiger charge is 2.11. The molecule has 0 N–H and O–H groups in total. The van der Waals surface area contributed by atoms with E-state index in [9.17, 15) is 0 Å². The van der Waals surface area contributed by atoms with Crippen LogP contribution in [0.2, 0.25) is 0 Å². The summed E-state index contributed by atoms with van der Waals surface area (Å²) in [6.07, 6.45) is 4.80. The van der Waals surface area contributed by atoms with Crippen molar-refractivity contribution in [3.63, 3.8) is 0 Å². The van der Waals surface area contributed by atoms with Crippen LogP contribution in [-0.4, -0.2) is 0 Å². The lowest BCUT2D eigenvalue weighted by atomic mass is 9.87. The van der Waals surface area contributed by atoms with Gasteiger partial charge in [0.05, 0.1) is 0 Å². The number of rotatable bonds is 1. The van der Waals surface area contributed by atoms with Crippen LogP contribution in [0, 0.1) is 20.8 Å². The van der Waals surface area contributed by atoms with E-state index in [-0.39, 0.29) is 0 Å². The first-order valence-corrected chi connectivity index (χ1v) is 9.43. The zero-order valence-corrected chi connectivity index (χ0v) is 17.1. The van der Waals surface area contributed by atoms with Gasteiger partial charge in [-0.25, -0.2) is 0 Å². The van der Waals surface area contributed by atoms with E-state index in [1.165, 1.54) is 51.8 Å². The first-order valence-electron chi connectivity index (χ1n) is 9.43. The van der Waals surface area contributed by atoms with Crippen LogP contribution in [-0.2, 0) is 0 Å². The van der Waals surface area contributed by atoms with Gasteiger partial charge in [0.15, 0.2) is 0 Å². The summed E-state index contributed by atoms with van der Waals surface area (Å²) >= 11 is 0. The van der Waals surface area contributed by atoms with Crippen LogP contribution in [0.3, 0.4) is 0 Å². The average Bonchev–Trinajstić information content (AvgIpc) is 2.62. The van der Waals surface area contributed by atoms with Crippen molar-refractivity contribution in [2.45, 2.75) is 61.3 Å². The van der Waals surface area contributed by atoms with E-state index in [4.69, 9.17) is 0 Å². The highest BCUT2D eigenvalue weighted by atomic mass is 14.2. The molecule has 3 rings (SSSR count). The van der Waals surface area contributed by atoms with Crippen LogP contribution < -0.4 is 0 Å². The molecule has 25 heavy (non-hydrogen) atoms. The van der Waals surface area contributed by atoms with E-state index in [0.29, 0.717) is 0 Å². The standard InChI is InChI=1S/C16H20.C7H8.C2H6/c1-11-5-7-13(3)15(9-11)16-10-12(2)6-8-14(16)4;1-7-5-3-2-4-6-7;1-2/h5,7,9-10H,6,8H2,1-4H3;2-6H,1H3;1-2H3. The molecule has 0 atom stereocenters. The molecule has 0 saturated carbocycles. The fraction of sp³-hybridized carbons (Fsp3) is 0.360. The molecule has 0 aromatic heterocycles. The third-order valence-electron chi connectivity index (χ3n) is 4.37. The molecule has 134 valence electrons. The summed E-state index contributed by atoms with van der Waals surface area (Å²) in [5.41, 5.74) is 9.94. The lowest BCUT2D eigenvalue weighted by molar-refractivity contribution is 0.911. The van der Waals surface area contributed by atoms with E-state index in [1.807, 2.05) is 32.0 Å². The number of hydrogen-bond donors (Lipinski definition) is 0. The summed E-state index contributed by atoms with van der Waals surface area (Å²) < 4.78 is 0. The Morgan fingerprint density at radius 3 is 1.88 bits per heavy atom.